The van der Waals surface area contributed by atoms with Crippen LogP contribution in [0.4, 0.5) is 0 Å². The van der Waals surface area contributed by atoms with Crippen molar-refractivity contribution in [2.45, 2.75) is 57.3 Å². The number of hydrogen-bond donors (Lipinski definition) is 1. The molecular formula is C21H22Cl3N3O3. The Morgan fingerprint density at radius 1 is 1.23 bits per heavy atom. The van der Waals surface area contributed by atoms with Crippen molar-refractivity contribution in [2.75, 3.05) is 0 Å². The molecule has 1 fully saturated rings. The van der Waals surface area contributed by atoms with Crippen LogP contribution < -0.4 is 0 Å². The van der Waals surface area contributed by atoms with Gasteiger partial charge in [-0.3, -0.25) is 0 Å². The molecule has 0 radical (unpaired) electrons. The third-order valence-corrected chi connectivity index (χ3v) is 6.28. The van der Waals surface area contributed by atoms with Gasteiger partial charge in [-0.1, -0.05) is 40.9 Å². The van der Waals surface area contributed by atoms with Crippen LogP contribution in [0.3, 0.4) is 0 Å². The molecule has 0 aliphatic carbocycles. The molecule has 160 valence electrons. The first-order chi connectivity index (χ1) is 14.1. The molecule has 0 spiro atoms. The Bertz CT molecular complexity index is 1080. The molecule has 0 bridgehead atoms. The van der Waals surface area contributed by atoms with Crippen LogP contribution in [0.25, 0.3) is 11.0 Å². The van der Waals surface area contributed by atoms with Crippen molar-refractivity contribution in [3.63, 3.8) is 0 Å². The normalized spacial score (nSPS) is 24.6. The van der Waals surface area contributed by atoms with Gasteiger partial charge in [0.2, 0.25) is 0 Å². The largest absolute Gasteiger partial charge is 0.366 e. The zero-order valence-corrected chi connectivity index (χ0v) is 19.0. The third-order valence-electron chi connectivity index (χ3n) is 5.24. The van der Waals surface area contributed by atoms with E-state index in [1.54, 1.807) is 19.9 Å². The second-order valence-corrected chi connectivity index (χ2v) is 9.39. The molecule has 30 heavy (non-hydrogen) atoms. The minimum atomic E-state index is -1.33. The topological polar surface area (TPSA) is 69.4 Å². The van der Waals surface area contributed by atoms with E-state index in [-0.39, 0.29) is 12.3 Å². The van der Waals surface area contributed by atoms with Gasteiger partial charge >= 0.3 is 0 Å². The molecule has 1 aliphatic rings. The van der Waals surface area contributed by atoms with Crippen molar-refractivity contribution in [1.82, 2.24) is 14.5 Å². The van der Waals surface area contributed by atoms with E-state index in [4.69, 9.17) is 44.3 Å². The molecule has 6 nitrogen and oxygen atoms in total. The standard InChI is InChI=1S/C21H22Cl3N3O3/c1-20(2,28)30-21(3)10-17(27-7-6-13-18(24)25-11-26-19(13)27)29-16(21)9-12-4-5-14(22)15(23)8-12/h4-8,11,16-17,28H,9-10H2,1-3H3. The summed E-state index contributed by atoms with van der Waals surface area (Å²) in [5.41, 5.74) is 0.881. The van der Waals surface area contributed by atoms with Crippen molar-refractivity contribution >= 4 is 45.8 Å². The van der Waals surface area contributed by atoms with Gasteiger partial charge in [-0.25, -0.2) is 9.97 Å². The van der Waals surface area contributed by atoms with Gasteiger partial charge in [0, 0.05) is 19.0 Å². The van der Waals surface area contributed by atoms with E-state index in [0.717, 1.165) is 10.9 Å². The summed E-state index contributed by atoms with van der Waals surface area (Å²) in [6.07, 6.45) is 3.65. The first kappa shape index (κ1) is 21.8. The fourth-order valence-electron chi connectivity index (χ4n) is 4.02. The Hall–Kier alpha value is -1.41. The van der Waals surface area contributed by atoms with E-state index in [1.807, 2.05) is 35.9 Å². The van der Waals surface area contributed by atoms with Gasteiger partial charge in [0.25, 0.3) is 0 Å². The molecule has 3 aromatic rings. The number of aliphatic hydroxyl groups is 1. The first-order valence-corrected chi connectivity index (χ1v) is 10.7. The summed E-state index contributed by atoms with van der Waals surface area (Å²) < 4.78 is 14.4. The second-order valence-electron chi connectivity index (χ2n) is 8.22. The van der Waals surface area contributed by atoms with E-state index in [2.05, 4.69) is 9.97 Å². The van der Waals surface area contributed by atoms with Crippen LogP contribution in [0.5, 0.6) is 0 Å². The van der Waals surface area contributed by atoms with E-state index in [9.17, 15) is 5.11 Å². The van der Waals surface area contributed by atoms with Gasteiger partial charge in [0.05, 0.1) is 27.1 Å². The van der Waals surface area contributed by atoms with Gasteiger partial charge in [0.1, 0.15) is 23.4 Å². The van der Waals surface area contributed by atoms with Gasteiger partial charge in [-0.2, -0.15) is 0 Å². The Kier molecular flexibility index (Phi) is 5.77. The van der Waals surface area contributed by atoms with Crippen LogP contribution in [0.1, 0.15) is 39.0 Å². The molecule has 1 aliphatic heterocycles. The summed E-state index contributed by atoms with van der Waals surface area (Å²) in [7, 11) is 0. The highest BCUT2D eigenvalue weighted by atomic mass is 35.5. The number of halogens is 3. The highest BCUT2D eigenvalue weighted by molar-refractivity contribution is 6.42. The van der Waals surface area contributed by atoms with Crippen molar-refractivity contribution in [1.29, 1.82) is 0 Å². The maximum atomic E-state index is 10.4. The summed E-state index contributed by atoms with van der Waals surface area (Å²) in [5.74, 6) is -1.33. The molecule has 2 aromatic heterocycles. The van der Waals surface area contributed by atoms with E-state index >= 15 is 0 Å². The summed E-state index contributed by atoms with van der Waals surface area (Å²) in [6.45, 7) is 5.17. The molecule has 3 unspecified atom stereocenters. The van der Waals surface area contributed by atoms with E-state index in [0.29, 0.717) is 33.7 Å². The molecule has 9 heteroatoms. The lowest BCUT2D eigenvalue weighted by atomic mass is 9.91. The van der Waals surface area contributed by atoms with Gasteiger partial charge in [-0.15, -0.1) is 0 Å². The van der Waals surface area contributed by atoms with Crippen LogP contribution in [0.2, 0.25) is 15.2 Å². The van der Waals surface area contributed by atoms with Crippen molar-refractivity contribution in [3.05, 3.63) is 57.6 Å². The van der Waals surface area contributed by atoms with Crippen molar-refractivity contribution < 1.29 is 14.6 Å². The molecule has 4 rings (SSSR count). The number of hydrogen-bond acceptors (Lipinski definition) is 5. The molecule has 1 N–H and O–H groups in total. The monoisotopic (exact) mass is 469 g/mol. The lowest BCUT2D eigenvalue weighted by Crippen LogP contribution is -2.45. The Balaban J connectivity index is 1.68. The number of fused-ring (bicyclic) bond motifs is 1. The molecule has 3 heterocycles. The number of ether oxygens (including phenoxy) is 2. The molecular weight excluding hydrogens is 449 g/mol. The van der Waals surface area contributed by atoms with Crippen molar-refractivity contribution in [2.24, 2.45) is 0 Å². The number of aromatic nitrogens is 3. The van der Waals surface area contributed by atoms with Gasteiger partial charge in [-0.05, 0) is 44.5 Å². The Morgan fingerprint density at radius 3 is 2.70 bits per heavy atom. The van der Waals surface area contributed by atoms with Crippen LogP contribution >= 0.6 is 34.8 Å². The fourth-order valence-corrected chi connectivity index (χ4v) is 4.53. The fraction of sp³-hybridized carbons (Fsp3) is 0.429. The predicted octanol–water partition coefficient (Wildman–Crippen LogP) is 5.43. The van der Waals surface area contributed by atoms with Crippen LogP contribution in [0, 0.1) is 0 Å². The lowest BCUT2D eigenvalue weighted by molar-refractivity contribution is -0.251. The number of rotatable bonds is 5. The average Bonchev–Trinajstić information content (AvgIpc) is 3.19. The third kappa shape index (κ3) is 4.31. The quantitative estimate of drug-likeness (QED) is 0.398. The maximum Gasteiger partial charge on any atom is 0.160 e. The van der Waals surface area contributed by atoms with Gasteiger partial charge in [0.15, 0.2) is 5.79 Å². The van der Waals surface area contributed by atoms with Crippen LogP contribution in [0.15, 0.2) is 36.8 Å². The zero-order chi connectivity index (χ0) is 21.7. The van der Waals surface area contributed by atoms with E-state index in [1.165, 1.54) is 6.33 Å². The van der Waals surface area contributed by atoms with Crippen LogP contribution in [-0.2, 0) is 15.9 Å². The summed E-state index contributed by atoms with van der Waals surface area (Å²) in [5, 5.41) is 12.5. The minimum Gasteiger partial charge on any atom is -0.366 e. The molecule has 1 aromatic carbocycles. The SMILES string of the molecule is CC(C)(O)OC1(C)CC(n2ccc3c(Cl)ncnc32)OC1Cc1ccc(Cl)c(Cl)c1. The number of nitrogens with zero attached hydrogens (tertiary/aromatic N) is 3. The molecule has 1 saturated heterocycles. The minimum absolute atomic E-state index is 0.346. The predicted molar refractivity (Wildman–Crippen MR) is 117 cm³/mol. The molecule has 3 atom stereocenters. The first-order valence-electron chi connectivity index (χ1n) is 9.55. The molecule has 0 saturated carbocycles. The Morgan fingerprint density at radius 2 is 2.00 bits per heavy atom. The summed E-state index contributed by atoms with van der Waals surface area (Å²) in [4.78, 5) is 8.39. The Labute approximate surface area is 189 Å². The smallest absolute Gasteiger partial charge is 0.160 e. The second kappa shape index (κ2) is 7.93. The van der Waals surface area contributed by atoms with E-state index < -0.39 is 11.4 Å². The summed E-state index contributed by atoms with van der Waals surface area (Å²) in [6, 6.07) is 7.36. The number of benzene rings is 1. The lowest BCUT2D eigenvalue weighted by Gasteiger charge is -2.35. The van der Waals surface area contributed by atoms with Crippen LogP contribution in [-0.4, -0.2) is 37.1 Å². The summed E-state index contributed by atoms with van der Waals surface area (Å²) >= 11 is 18.4. The van der Waals surface area contributed by atoms with Crippen molar-refractivity contribution in [3.8, 4) is 0 Å². The molecule has 0 amide bonds. The van der Waals surface area contributed by atoms with Gasteiger partial charge < -0.3 is 19.1 Å². The average molecular weight is 471 g/mol. The highest BCUT2D eigenvalue weighted by Gasteiger charge is 2.49. The highest BCUT2D eigenvalue weighted by Crippen LogP contribution is 2.44. The maximum absolute atomic E-state index is 10.4. The zero-order valence-electron chi connectivity index (χ0n) is 16.8.